The van der Waals surface area contributed by atoms with Crippen molar-refractivity contribution < 1.29 is 5.11 Å². The van der Waals surface area contributed by atoms with E-state index in [1.54, 1.807) is 18.2 Å². The number of halogens is 3. The molecule has 0 aliphatic rings. The second-order valence-corrected chi connectivity index (χ2v) is 3.50. The molecule has 0 aromatic heterocycles. The molecule has 1 radical (unpaired) electrons. The maximum Gasteiger partial charge on any atom is 0.101 e. The summed E-state index contributed by atoms with van der Waals surface area (Å²) in [5.41, 5.74) is 0.701. The van der Waals surface area contributed by atoms with E-state index < -0.39 is 0 Å². The molecule has 1 aromatic rings. The van der Waals surface area contributed by atoms with Crippen LogP contribution in [0.25, 0.3) is 6.08 Å². The molecule has 0 saturated heterocycles. The summed E-state index contributed by atoms with van der Waals surface area (Å²) in [6, 6.07) is 3.35. The molecule has 4 heteroatoms. The lowest BCUT2D eigenvalue weighted by Crippen LogP contribution is -1.79. The van der Waals surface area contributed by atoms with Crippen LogP contribution in [0.15, 0.2) is 18.2 Å². The maximum atomic E-state index is 10.2. The molecule has 0 spiro atoms. The van der Waals surface area contributed by atoms with Crippen LogP contribution in [0.4, 0.5) is 0 Å². The first-order chi connectivity index (χ1) is 6.16. The summed E-state index contributed by atoms with van der Waals surface area (Å²) in [4.78, 5) is 0. The van der Waals surface area contributed by atoms with Crippen molar-refractivity contribution >= 4 is 40.9 Å². The van der Waals surface area contributed by atoms with E-state index in [1.165, 1.54) is 6.08 Å². The SMILES string of the molecule is [O]CC=Cc1ccc(Cl)c(Cl)c1Cl. The summed E-state index contributed by atoms with van der Waals surface area (Å²) in [5.74, 6) is 0. The average molecular weight is 237 g/mol. The predicted octanol–water partition coefficient (Wildman–Crippen LogP) is 4.09. The van der Waals surface area contributed by atoms with Crippen molar-refractivity contribution in [1.82, 2.24) is 0 Å². The predicted molar refractivity (Wildman–Crippen MR) is 56.1 cm³/mol. The molecule has 0 atom stereocenters. The van der Waals surface area contributed by atoms with Gasteiger partial charge in [0.1, 0.15) is 6.61 Å². The highest BCUT2D eigenvalue weighted by Gasteiger charge is 2.05. The van der Waals surface area contributed by atoms with E-state index in [2.05, 4.69) is 0 Å². The van der Waals surface area contributed by atoms with Crippen LogP contribution < -0.4 is 0 Å². The Labute approximate surface area is 91.5 Å². The Hall–Kier alpha value is -0.210. The van der Waals surface area contributed by atoms with Crippen molar-refractivity contribution in [3.05, 3.63) is 38.8 Å². The van der Waals surface area contributed by atoms with Crippen LogP contribution in [-0.2, 0) is 5.11 Å². The second-order valence-electron chi connectivity index (χ2n) is 2.33. The first-order valence-corrected chi connectivity index (χ1v) is 4.68. The van der Waals surface area contributed by atoms with Crippen LogP contribution in [0.1, 0.15) is 5.56 Å². The highest BCUT2D eigenvalue weighted by atomic mass is 35.5. The van der Waals surface area contributed by atoms with Gasteiger partial charge in [-0.2, -0.15) is 0 Å². The monoisotopic (exact) mass is 235 g/mol. The third-order valence-electron chi connectivity index (χ3n) is 1.46. The molecule has 0 aliphatic carbocycles. The van der Waals surface area contributed by atoms with Gasteiger partial charge in [-0.25, -0.2) is 5.11 Å². The van der Waals surface area contributed by atoms with Gasteiger partial charge in [0.15, 0.2) is 0 Å². The van der Waals surface area contributed by atoms with Gasteiger partial charge in [0.05, 0.1) is 15.1 Å². The summed E-state index contributed by atoms with van der Waals surface area (Å²) in [6.45, 7) is -0.281. The van der Waals surface area contributed by atoms with Crippen molar-refractivity contribution in [3.8, 4) is 0 Å². The maximum absolute atomic E-state index is 10.2. The largest absolute Gasteiger partial charge is 0.232 e. The minimum absolute atomic E-state index is 0.281. The van der Waals surface area contributed by atoms with Crippen LogP contribution in [0.3, 0.4) is 0 Å². The van der Waals surface area contributed by atoms with E-state index in [0.717, 1.165) is 0 Å². The normalized spacial score (nSPS) is 11.1. The lowest BCUT2D eigenvalue weighted by atomic mass is 10.2. The lowest BCUT2D eigenvalue weighted by Gasteiger charge is -2.01. The van der Waals surface area contributed by atoms with Gasteiger partial charge in [0.2, 0.25) is 0 Å². The summed E-state index contributed by atoms with van der Waals surface area (Å²) in [6.07, 6.45) is 3.09. The van der Waals surface area contributed by atoms with Gasteiger partial charge < -0.3 is 0 Å². The fourth-order valence-electron chi connectivity index (χ4n) is 0.845. The lowest BCUT2D eigenvalue weighted by molar-refractivity contribution is 0.233. The van der Waals surface area contributed by atoms with E-state index >= 15 is 0 Å². The molecular weight excluding hydrogens is 230 g/mol. The van der Waals surface area contributed by atoms with Gasteiger partial charge >= 0.3 is 0 Å². The Bertz CT molecular complexity index is 334. The van der Waals surface area contributed by atoms with Crippen LogP contribution in [0, 0.1) is 0 Å². The molecule has 0 amide bonds. The molecule has 0 bridgehead atoms. The van der Waals surface area contributed by atoms with E-state index in [9.17, 15) is 5.11 Å². The first kappa shape index (κ1) is 10.9. The zero-order valence-electron chi connectivity index (χ0n) is 6.56. The van der Waals surface area contributed by atoms with Crippen molar-refractivity contribution in [2.24, 2.45) is 0 Å². The first-order valence-electron chi connectivity index (χ1n) is 3.55. The van der Waals surface area contributed by atoms with Gasteiger partial charge in [0, 0.05) is 0 Å². The minimum atomic E-state index is -0.281. The summed E-state index contributed by atoms with van der Waals surface area (Å²) in [7, 11) is 0. The van der Waals surface area contributed by atoms with Crippen LogP contribution in [0.2, 0.25) is 15.1 Å². The van der Waals surface area contributed by atoms with Gasteiger partial charge in [-0.1, -0.05) is 53.0 Å². The Morgan fingerprint density at radius 3 is 2.46 bits per heavy atom. The van der Waals surface area contributed by atoms with E-state index in [0.29, 0.717) is 20.6 Å². The van der Waals surface area contributed by atoms with Crippen molar-refractivity contribution in [2.45, 2.75) is 0 Å². The molecule has 1 aromatic carbocycles. The van der Waals surface area contributed by atoms with Gasteiger partial charge in [-0.15, -0.1) is 0 Å². The third-order valence-corrected chi connectivity index (χ3v) is 2.77. The van der Waals surface area contributed by atoms with Crippen molar-refractivity contribution in [3.63, 3.8) is 0 Å². The zero-order chi connectivity index (χ0) is 9.84. The number of benzene rings is 1. The second kappa shape index (κ2) is 4.87. The number of rotatable bonds is 2. The van der Waals surface area contributed by atoms with E-state index in [1.807, 2.05) is 0 Å². The molecule has 1 nitrogen and oxygen atoms in total. The van der Waals surface area contributed by atoms with Gasteiger partial charge in [-0.05, 0) is 11.6 Å². The Kier molecular flexibility index (Phi) is 4.07. The minimum Gasteiger partial charge on any atom is -0.232 e. The fourth-order valence-corrected chi connectivity index (χ4v) is 1.45. The van der Waals surface area contributed by atoms with E-state index in [4.69, 9.17) is 34.8 Å². The van der Waals surface area contributed by atoms with Crippen LogP contribution in [0.5, 0.6) is 0 Å². The quantitative estimate of drug-likeness (QED) is 0.689. The number of hydrogen-bond acceptors (Lipinski definition) is 0. The zero-order valence-corrected chi connectivity index (χ0v) is 8.83. The summed E-state index contributed by atoms with van der Waals surface area (Å²) in [5, 5.41) is 11.3. The molecular formula is C9H6Cl3O. The van der Waals surface area contributed by atoms with Crippen molar-refractivity contribution in [1.29, 1.82) is 0 Å². The molecule has 13 heavy (non-hydrogen) atoms. The van der Waals surface area contributed by atoms with Gasteiger partial charge in [-0.3, -0.25) is 0 Å². The molecule has 0 fully saturated rings. The molecule has 0 heterocycles. The topological polar surface area (TPSA) is 19.9 Å². The molecule has 69 valence electrons. The molecule has 0 unspecified atom stereocenters. The third kappa shape index (κ3) is 2.61. The van der Waals surface area contributed by atoms with Crippen LogP contribution in [-0.4, -0.2) is 6.61 Å². The highest BCUT2D eigenvalue weighted by molar-refractivity contribution is 6.48. The van der Waals surface area contributed by atoms with Gasteiger partial charge in [0.25, 0.3) is 0 Å². The molecule has 1 rings (SSSR count). The van der Waals surface area contributed by atoms with E-state index in [-0.39, 0.29) is 6.61 Å². The average Bonchev–Trinajstić information content (AvgIpc) is 2.13. The molecule has 0 N–H and O–H groups in total. The molecule has 0 aliphatic heterocycles. The van der Waals surface area contributed by atoms with Crippen LogP contribution >= 0.6 is 34.8 Å². The fraction of sp³-hybridized carbons (Fsp3) is 0.111. The van der Waals surface area contributed by atoms with Crippen molar-refractivity contribution in [2.75, 3.05) is 6.61 Å². The Morgan fingerprint density at radius 2 is 1.85 bits per heavy atom. The molecule has 0 saturated carbocycles. The Balaban J connectivity index is 3.11. The Morgan fingerprint density at radius 1 is 1.15 bits per heavy atom. The highest BCUT2D eigenvalue weighted by Crippen LogP contribution is 2.33. The smallest absolute Gasteiger partial charge is 0.101 e. The summed E-state index contributed by atoms with van der Waals surface area (Å²) >= 11 is 17.4. The summed E-state index contributed by atoms with van der Waals surface area (Å²) < 4.78 is 0. The standard InChI is InChI=1S/C9H6Cl3O/c10-7-4-3-6(2-1-5-13)8(11)9(7)12/h1-4H,5H2. The number of hydrogen-bond donors (Lipinski definition) is 0.